The molecule has 1 aliphatic heterocycles. The first-order valence-electron chi connectivity index (χ1n) is 9.11. The molecule has 1 atom stereocenters. The maximum Gasteiger partial charge on any atom is 0.305 e. The van der Waals surface area contributed by atoms with Gasteiger partial charge in [-0.25, -0.2) is 0 Å². The van der Waals surface area contributed by atoms with E-state index >= 15 is 0 Å². The Bertz CT molecular complexity index is 727. The van der Waals surface area contributed by atoms with E-state index in [4.69, 9.17) is 9.84 Å². The van der Waals surface area contributed by atoms with E-state index in [1.54, 1.807) is 6.21 Å². The zero-order valence-electron chi connectivity index (χ0n) is 15.0. The summed E-state index contributed by atoms with van der Waals surface area (Å²) < 4.78 is 5.96. The number of carbonyl (C=O) groups excluding carboxylic acids is 1. The second-order valence-corrected chi connectivity index (χ2v) is 7.85. The molecule has 8 heteroatoms. The van der Waals surface area contributed by atoms with Crippen molar-refractivity contribution in [1.29, 1.82) is 0 Å². The zero-order chi connectivity index (χ0) is 19.1. The van der Waals surface area contributed by atoms with Gasteiger partial charge in [0.15, 0.2) is 5.17 Å². The largest absolute Gasteiger partial charge is 0.481 e. The van der Waals surface area contributed by atoms with Crippen LogP contribution in [0.15, 0.2) is 34.5 Å². The Morgan fingerprint density at radius 2 is 2.00 bits per heavy atom. The van der Waals surface area contributed by atoms with E-state index in [0.717, 1.165) is 35.7 Å². The molecule has 27 heavy (non-hydrogen) atoms. The van der Waals surface area contributed by atoms with E-state index in [-0.39, 0.29) is 12.3 Å². The van der Waals surface area contributed by atoms with Crippen LogP contribution in [-0.2, 0) is 20.9 Å². The molecule has 0 spiro atoms. The fraction of sp³-hybridized carbons (Fsp3) is 0.474. The van der Waals surface area contributed by atoms with Crippen molar-refractivity contribution in [3.05, 3.63) is 35.4 Å². The fourth-order valence-corrected chi connectivity index (χ4v) is 3.95. The lowest BCUT2D eigenvalue weighted by atomic mass is 9.98. The maximum atomic E-state index is 11.6. The number of hydrogen-bond acceptors (Lipinski definition) is 6. The van der Waals surface area contributed by atoms with Crippen molar-refractivity contribution in [2.75, 3.05) is 0 Å². The lowest BCUT2D eigenvalue weighted by Gasteiger charge is -2.22. The summed E-state index contributed by atoms with van der Waals surface area (Å²) in [5.41, 5.74) is 2.01. The van der Waals surface area contributed by atoms with E-state index in [1.807, 2.05) is 24.3 Å². The quantitative estimate of drug-likeness (QED) is 0.552. The average Bonchev–Trinajstić information content (AvgIpc) is 3.00. The van der Waals surface area contributed by atoms with E-state index in [0.29, 0.717) is 17.9 Å². The third-order valence-electron chi connectivity index (χ3n) is 4.51. The van der Waals surface area contributed by atoms with Crippen LogP contribution in [0.5, 0.6) is 0 Å². The summed E-state index contributed by atoms with van der Waals surface area (Å²) in [5, 5.41) is 18.9. The number of carbonyl (C=O) groups is 2. The van der Waals surface area contributed by atoms with Gasteiger partial charge >= 0.3 is 5.97 Å². The van der Waals surface area contributed by atoms with Crippen LogP contribution in [-0.4, -0.2) is 39.7 Å². The molecule has 2 N–H and O–H groups in total. The molecule has 1 amide bonds. The Hall–Kier alpha value is -2.19. The summed E-state index contributed by atoms with van der Waals surface area (Å²) in [6.07, 6.45) is 7.91. The zero-order valence-corrected chi connectivity index (χ0v) is 15.8. The van der Waals surface area contributed by atoms with Crippen LogP contribution in [0.4, 0.5) is 0 Å². The number of ether oxygens (including phenoxy) is 1. The second-order valence-electron chi connectivity index (χ2n) is 6.66. The normalized spacial score (nSPS) is 22.4. The predicted octanol–water partition coefficient (Wildman–Crippen LogP) is 2.93. The molecule has 1 heterocycles. The van der Waals surface area contributed by atoms with Crippen LogP contribution in [0, 0.1) is 0 Å². The second kappa shape index (κ2) is 9.66. The highest BCUT2D eigenvalue weighted by atomic mass is 32.2. The smallest absolute Gasteiger partial charge is 0.305 e. The number of benzene rings is 1. The van der Waals surface area contributed by atoms with Crippen molar-refractivity contribution in [3.8, 4) is 0 Å². The number of amidine groups is 1. The Morgan fingerprint density at radius 1 is 1.26 bits per heavy atom. The number of carboxylic acids is 1. The van der Waals surface area contributed by atoms with Crippen molar-refractivity contribution in [3.63, 3.8) is 0 Å². The fourth-order valence-electron chi connectivity index (χ4n) is 3.04. The van der Waals surface area contributed by atoms with Gasteiger partial charge in [-0.2, -0.15) is 5.10 Å². The molecule has 1 aromatic carbocycles. The van der Waals surface area contributed by atoms with Crippen molar-refractivity contribution >= 4 is 35.0 Å². The highest BCUT2D eigenvalue weighted by Crippen LogP contribution is 2.23. The van der Waals surface area contributed by atoms with E-state index in [2.05, 4.69) is 15.5 Å². The van der Waals surface area contributed by atoms with Crippen LogP contribution >= 0.6 is 11.8 Å². The topological polar surface area (TPSA) is 100 Å². The SMILES string of the molecule is O=C(O)CC1SC(=NN=Cc2ccc(COC3CCCCC3)cc2)NC1=O. The predicted molar refractivity (Wildman–Crippen MR) is 105 cm³/mol. The standard InChI is InChI=1S/C19H23N3O4S/c23-17(24)10-16-18(25)21-19(27-16)22-20-11-13-6-8-14(9-7-13)12-26-15-4-2-1-3-5-15/h6-9,11,15-16H,1-5,10,12H2,(H,23,24)(H,21,22,25). The molecular weight excluding hydrogens is 366 g/mol. The Kier molecular flexibility index (Phi) is 7.00. The highest BCUT2D eigenvalue weighted by molar-refractivity contribution is 8.15. The molecule has 0 aromatic heterocycles. The first kappa shape index (κ1) is 19.6. The van der Waals surface area contributed by atoms with Gasteiger partial charge in [0.05, 0.1) is 25.3 Å². The number of amides is 1. The molecule has 2 aliphatic rings. The molecule has 1 aromatic rings. The van der Waals surface area contributed by atoms with E-state index < -0.39 is 11.2 Å². The van der Waals surface area contributed by atoms with Crippen molar-refractivity contribution in [1.82, 2.24) is 5.32 Å². The lowest BCUT2D eigenvalue weighted by Crippen LogP contribution is -2.26. The number of nitrogens with zero attached hydrogens (tertiary/aromatic N) is 2. The first-order valence-corrected chi connectivity index (χ1v) is 9.99. The molecule has 1 saturated carbocycles. The van der Waals surface area contributed by atoms with E-state index in [9.17, 15) is 9.59 Å². The molecule has 2 fully saturated rings. The van der Waals surface area contributed by atoms with Crippen LogP contribution in [0.1, 0.15) is 49.7 Å². The number of thioether (sulfide) groups is 1. The molecule has 1 saturated heterocycles. The Labute approximate surface area is 162 Å². The molecule has 1 unspecified atom stereocenters. The average molecular weight is 389 g/mol. The lowest BCUT2D eigenvalue weighted by molar-refractivity contribution is -0.138. The summed E-state index contributed by atoms with van der Waals surface area (Å²) in [4.78, 5) is 22.3. The van der Waals surface area contributed by atoms with E-state index in [1.165, 1.54) is 19.3 Å². The Morgan fingerprint density at radius 3 is 2.70 bits per heavy atom. The minimum absolute atomic E-state index is 0.233. The van der Waals surface area contributed by atoms with Crippen molar-refractivity contribution in [2.45, 2.75) is 56.5 Å². The first-order chi connectivity index (χ1) is 13.1. The van der Waals surface area contributed by atoms with Gasteiger partial charge in [-0.1, -0.05) is 55.3 Å². The highest BCUT2D eigenvalue weighted by Gasteiger charge is 2.32. The maximum absolute atomic E-state index is 11.6. The molecule has 144 valence electrons. The van der Waals surface area contributed by atoms with Gasteiger partial charge in [-0.05, 0) is 24.0 Å². The third kappa shape index (κ3) is 6.18. The van der Waals surface area contributed by atoms with Gasteiger partial charge in [0, 0.05) is 0 Å². The number of hydrogen-bond donors (Lipinski definition) is 2. The van der Waals surface area contributed by atoms with Crippen LogP contribution < -0.4 is 5.32 Å². The van der Waals surface area contributed by atoms with Gasteiger partial charge < -0.3 is 15.2 Å². The number of aliphatic carboxylic acids is 1. The molecular formula is C19H23N3O4S. The number of carboxylic acid groups (broad SMARTS) is 1. The van der Waals surface area contributed by atoms with Gasteiger partial charge in [-0.15, -0.1) is 5.10 Å². The summed E-state index contributed by atoms with van der Waals surface area (Å²) in [6, 6.07) is 7.90. The molecule has 1 aliphatic carbocycles. The third-order valence-corrected chi connectivity index (χ3v) is 5.58. The molecule has 7 nitrogen and oxygen atoms in total. The van der Waals surface area contributed by atoms with Gasteiger partial charge in [-0.3, -0.25) is 9.59 Å². The summed E-state index contributed by atoms with van der Waals surface area (Å²) in [5.74, 6) is -1.36. The summed E-state index contributed by atoms with van der Waals surface area (Å²) in [7, 11) is 0. The monoisotopic (exact) mass is 389 g/mol. The minimum atomic E-state index is -1.01. The van der Waals surface area contributed by atoms with Crippen LogP contribution in [0.2, 0.25) is 0 Å². The summed E-state index contributed by atoms with van der Waals surface area (Å²) >= 11 is 1.08. The molecule has 0 radical (unpaired) electrons. The number of nitrogens with one attached hydrogen (secondary N) is 1. The van der Waals surface area contributed by atoms with Crippen molar-refractivity contribution < 1.29 is 19.4 Å². The van der Waals surface area contributed by atoms with Gasteiger partial charge in [0.2, 0.25) is 5.91 Å². The molecule has 0 bridgehead atoms. The van der Waals surface area contributed by atoms with Crippen molar-refractivity contribution in [2.24, 2.45) is 10.2 Å². The summed E-state index contributed by atoms with van der Waals surface area (Å²) in [6.45, 7) is 0.623. The minimum Gasteiger partial charge on any atom is -0.481 e. The molecule has 3 rings (SSSR count). The van der Waals surface area contributed by atoms with Gasteiger partial charge in [0.1, 0.15) is 5.25 Å². The van der Waals surface area contributed by atoms with Crippen LogP contribution in [0.3, 0.4) is 0 Å². The van der Waals surface area contributed by atoms with Crippen LogP contribution in [0.25, 0.3) is 0 Å². The van der Waals surface area contributed by atoms with Gasteiger partial charge in [0.25, 0.3) is 0 Å². The Balaban J connectivity index is 1.47. The number of rotatable bonds is 7.